The van der Waals surface area contributed by atoms with Crippen LogP contribution in [-0.2, 0) is 26.2 Å². The van der Waals surface area contributed by atoms with Gasteiger partial charge in [-0.1, -0.05) is 12.1 Å². The second kappa shape index (κ2) is 9.24. The molecular weight excluding hydrogens is 450 g/mol. The van der Waals surface area contributed by atoms with Crippen molar-refractivity contribution in [2.45, 2.75) is 31.8 Å². The zero-order valence-electron chi connectivity index (χ0n) is 18.2. The number of sulfonamides is 1. The maximum absolute atomic E-state index is 12.6. The Bertz CT molecular complexity index is 1380. The van der Waals surface area contributed by atoms with Crippen molar-refractivity contribution in [2.75, 3.05) is 19.8 Å². The van der Waals surface area contributed by atoms with Gasteiger partial charge < -0.3 is 18.6 Å². The zero-order valence-corrected chi connectivity index (χ0v) is 19.0. The first kappa shape index (κ1) is 22.8. The number of nitrogens with one attached hydrogen (secondary N) is 1. The van der Waals surface area contributed by atoms with E-state index in [0.717, 1.165) is 11.1 Å². The van der Waals surface area contributed by atoms with Gasteiger partial charge in [0.05, 0.1) is 18.1 Å². The summed E-state index contributed by atoms with van der Waals surface area (Å²) in [4.78, 5) is 24.1. The Morgan fingerprint density at radius 2 is 1.82 bits per heavy atom. The standard InChI is InChI=1S/C23H23NO8S/c1-14-4-6-18-16(10-21(25)32-23(18)15(14)2)13-31-22(26)12-24-33(27,28)17-5-7-19-20(11-17)30-9-3-8-29-19/h4-7,10-11,24H,3,8-9,12-13H2,1-2H3. The minimum atomic E-state index is -3.99. The highest BCUT2D eigenvalue weighted by Crippen LogP contribution is 2.31. The Balaban J connectivity index is 1.42. The van der Waals surface area contributed by atoms with Crippen LogP contribution >= 0.6 is 0 Å². The molecule has 2 heterocycles. The first-order chi connectivity index (χ1) is 15.7. The third-order valence-corrected chi connectivity index (χ3v) is 6.74. The molecular formula is C23H23NO8S. The van der Waals surface area contributed by atoms with Crippen LogP contribution in [0.25, 0.3) is 11.0 Å². The van der Waals surface area contributed by atoms with Crippen LogP contribution in [0.1, 0.15) is 23.1 Å². The zero-order chi connectivity index (χ0) is 23.6. The first-order valence-corrected chi connectivity index (χ1v) is 11.8. The summed E-state index contributed by atoms with van der Waals surface area (Å²) in [5, 5.41) is 0.651. The van der Waals surface area contributed by atoms with Crippen LogP contribution in [0.3, 0.4) is 0 Å². The van der Waals surface area contributed by atoms with Gasteiger partial charge in [-0.15, -0.1) is 0 Å². The van der Waals surface area contributed by atoms with Gasteiger partial charge in [0, 0.05) is 29.5 Å². The van der Waals surface area contributed by atoms with Crippen molar-refractivity contribution in [3.05, 3.63) is 63.5 Å². The summed E-state index contributed by atoms with van der Waals surface area (Å²) in [6.45, 7) is 3.87. The van der Waals surface area contributed by atoms with Gasteiger partial charge in [-0.05, 0) is 37.1 Å². The Labute approximate surface area is 190 Å². The molecule has 174 valence electrons. The van der Waals surface area contributed by atoms with E-state index in [1.165, 1.54) is 24.3 Å². The monoisotopic (exact) mass is 473 g/mol. The molecule has 9 nitrogen and oxygen atoms in total. The second-order valence-electron chi connectivity index (χ2n) is 7.62. The summed E-state index contributed by atoms with van der Waals surface area (Å²) in [7, 11) is -3.99. The topological polar surface area (TPSA) is 121 Å². The summed E-state index contributed by atoms with van der Waals surface area (Å²) in [5.41, 5.74) is 2.13. The van der Waals surface area contributed by atoms with E-state index in [9.17, 15) is 18.0 Å². The molecule has 1 aliphatic rings. The number of carbonyl (C=O) groups is 1. The van der Waals surface area contributed by atoms with E-state index in [1.54, 1.807) is 6.07 Å². The maximum Gasteiger partial charge on any atom is 0.336 e. The summed E-state index contributed by atoms with van der Waals surface area (Å²) in [6, 6.07) is 9.17. The van der Waals surface area contributed by atoms with E-state index in [0.29, 0.717) is 47.7 Å². The van der Waals surface area contributed by atoms with Crippen LogP contribution in [0.2, 0.25) is 0 Å². The van der Waals surface area contributed by atoms with Gasteiger partial charge in [0.25, 0.3) is 0 Å². The van der Waals surface area contributed by atoms with E-state index in [-0.39, 0.29) is 11.5 Å². The van der Waals surface area contributed by atoms with Gasteiger partial charge in [0.15, 0.2) is 11.5 Å². The minimum Gasteiger partial charge on any atom is -0.490 e. The Kier molecular flexibility index (Phi) is 6.39. The van der Waals surface area contributed by atoms with Crippen LogP contribution in [0.15, 0.2) is 50.5 Å². The molecule has 0 saturated carbocycles. The molecule has 33 heavy (non-hydrogen) atoms. The normalized spacial score (nSPS) is 13.5. The smallest absolute Gasteiger partial charge is 0.336 e. The number of fused-ring (bicyclic) bond motifs is 2. The van der Waals surface area contributed by atoms with Crippen LogP contribution in [-0.4, -0.2) is 34.1 Å². The molecule has 3 aromatic rings. The van der Waals surface area contributed by atoms with Crippen molar-refractivity contribution in [1.82, 2.24) is 4.72 Å². The molecule has 0 saturated heterocycles. The number of hydrogen-bond acceptors (Lipinski definition) is 8. The molecule has 1 aliphatic heterocycles. The van der Waals surface area contributed by atoms with Crippen LogP contribution < -0.4 is 19.8 Å². The van der Waals surface area contributed by atoms with Gasteiger partial charge in [0.2, 0.25) is 10.0 Å². The average molecular weight is 474 g/mol. The second-order valence-corrected chi connectivity index (χ2v) is 9.39. The predicted octanol–water partition coefficient (Wildman–Crippen LogP) is 2.59. The molecule has 0 spiro atoms. The summed E-state index contributed by atoms with van der Waals surface area (Å²) in [6.07, 6.45) is 0.693. The lowest BCUT2D eigenvalue weighted by molar-refractivity contribution is -0.143. The highest BCUT2D eigenvalue weighted by atomic mass is 32.2. The number of carbonyl (C=O) groups excluding carboxylic acids is 1. The fourth-order valence-electron chi connectivity index (χ4n) is 3.40. The number of rotatable bonds is 6. The van der Waals surface area contributed by atoms with Crippen molar-refractivity contribution in [3.63, 3.8) is 0 Å². The number of aryl methyl sites for hydroxylation is 2. The summed E-state index contributed by atoms with van der Waals surface area (Å²) in [5.74, 6) is 0.00673. The van der Waals surface area contributed by atoms with Crippen LogP contribution in [0.5, 0.6) is 11.5 Å². The minimum absolute atomic E-state index is 0.0583. The third-order valence-electron chi connectivity index (χ3n) is 5.34. The number of benzene rings is 2. The van der Waals surface area contributed by atoms with E-state index in [2.05, 4.69) is 4.72 Å². The Hall–Kier alpha value is -3.37. The van der Waals surface area contributed by atoms with Crippen LogP contribution in [0.4, 0.5) is 0 Å². The lowest BCUT2D eigenvalue weighted by Crippen LogP contribution is -2.30. The van der Waals surface area contributed by atoms with E-state index >= 15 is 0 Å². The molecule has 0 atom stereocenters. The average Bonchev–Trinajstić information content (AvgIpc) is 3.04. The summed E-state index contributed by atoms with van der Waals surface area (Å²) < 4.78 is 48.9. The SMILES string of the molecule is Cc1ccc2c(COC(=O)CNS(=O)(=O)c3ccc4c(c3)OCCCO4)cc(=O)oc2c1C. The molecule has 4 rings (SSSR count). The fraction of sp³-hybridized carbons (Fsp3) is 0.304. The lowest BCUT2D eigenvalue weighted by atomic mass is 10.0. The molecule has 0 aliphatic carbocycles. The van der Waals surface area contributed by atoms with E-state index in [4.69, 9.17) is 18.6 Å². The van der Waals surface area contributed by atoms with Gasteiger partial charge in [0.1, 0.15) is 18.7 Å². The van der Waals surface area contributed by atoms with Gasteiger partial charge in [-0.2, -0.15) is 4.72 Å². The summed E-state index contributed by atoms with van der Waals surface area (Å²) >= 11 is 0. The van der Waals surface area contributed by atoms with Crippen molar-refractivity contribution in [2.24, 2.45) is 0 Å². The highest BCUT2D eigenvalue weighted by molar-refractivity contribution is 7.89. The van der Waals surface area contributed by atoms with Crippen molar-refractivity contribution < 1.29 is 31.8 Å². The molecule has 0 fully saturated rings. The Morgan fingerprint density at radius 1 is 1.06 bits per heavy atom. The van der Waals surface area contributed by atoms with Gasteiger partial charge in [-0.25, -0.2) is 13.2 Å². The molecule has 0 amide bonds. The van der Waals surface area contributed by atoms with Crippen molar-refractivity contribution in [3.8, 4) is 11.5 Å². The van der Waals surface area contributed by atoms with Crippen molar-refractivity contribution in [1.29, 1.82) is 0 Å². The lowest BCUT2D eigenvalue weighted by Gasteiger charge is -2.11. The molecule has 1 aromatic heterocycles. The molecule has 0 radical (unpaired) electrons. The maximum atomic E-state index is 12.6. The fourth-order valence-corrected chi connectivity index (χ4v) is 4.39. The van der Waals surface area contributed by atoms with Gasteiger partial charge in [-0.3, -0.25) is 4.79 Å². The molecule has 0 unspecified atom stereocenters. The number of esters is 1. The van der Waals surface area contributed by atoms with E-state index in [1.807, 2.05) is 19.9 Å². The van der Waals surface area contributed by atoms with Crippen LogP contribution in [0, 0.1) is 13.8 Å². The third kappa shape index (κ3) is 5.01. The quantitative estimate of drug-likeness (QED) is 0.428. The molecule has 1 N–H and O–H groups in total. The Morgan fingerprint density at radius 3 is 2.61 bits per heavy atom. The number of hydrogen-bond donors (Lipinski definition) is 1. The molecule has 0 bridgehead atoms. The van der Waals surface area contributed by atoms with Crippen molar-refractivity contribution >= 4 is 27.0 Å². The molecule has 10 heteroatoms. The predicted molar refractivity (Wildman–Crippen MR) is 119 cm³/mol. The molecule has 2 aromatic carbocycles. The highest BCUT2D eigenvalue weighted by Gasteiger charge is 2.20. The first-order valence-electron chi connectivity index (χ1n) is 10.3. The number of ether oxygens (including phenoxy) is 3. The van der Waals surface area contributed by atoms with Gasteiger partial charge >= 0.3 is 11.6 Å². The largest absolute Gasteiger partial charge is 0.490 e. The van der Waals surface area contributed by atoms with E-state index < -0.39 is 28.2 Å².